The number of aliphatic carboxylic acids is 1. The van der Waals surface area contributed by atoms with E-state index in [9.17, 15) is 9.59 Å². The number of carbonyl (C=O) groups excluding carboxylic acids is 1. The van der Waals surface area contributed by atoms with E-state index >= 15 is 0 Å². The average Bonchev–Trinajstić information content (AvgIpc) is 2.76. The van der Waals surface area contributed by atoms with Gasteiger partial charge in [0.05, 0.1) is 20.3 Å². The van der Waals surface area contributed by atoms with Crippen LogP contribution in [0.1, 0.15) is 38.8 Å². The number of ether oxygens (including phenoxy) is 3. The molecule has 0 amide bonds. The number of rotatable bonds is 8. The predicted octanol–water partition coefficient (Wildman–Crippen LogP) is 5.48. The van der Waals surface area contributed by atoms with Crippen LogP contribution >= 0.6 is 0 Å². The minimum atomic E-state index is -0.870. The van der Waals surface area contributed by atoms with Gasteiger partial charge < -0.3 is 19.3 Å². The molecule has 172 valence electrons. The Morgan fingerprint density at radius 3 is 1.66 bits per heavy atom. The maximum atomic E-state index is 11.2. The average molecular weight is 441 g/mol. The van der Waals surface area contributed by atoms with E-state index < -0.39 is 5.97 Å². The zero-order valence-corrected chi connectivity index (χ0v) is 19.5. The number of methoxy groups -OCH3 is 2. The van der Waals surface area contributed by atoms with Crippen LogP contribution in [0.3, 0.4) is 0 Å². The monoisotopic (exact) mass is 440 g/mol. The fourth-order valence-electron chi connectivity index (χ4n) is 2.51. The summed E-state index contributed by atoms with van der Waals surface area (Å²) in [5, 5.41) is 9.01. The van der Waals surface area contributed by atoms with Gasteiger partial charge in [0.2, 0.25) is 0 Å². The van der Waals surface area contributed by atoms with Crippen molar-refractivity contribution in [2.24, 2.45) is 5.92 Å². The lowest BCUT2D eigenvalue weighted by Gasteiger charge is -2.06. The first kappa shape index (κ1) is 26.5. The molecular formula is C26H32O6. The summed E-state index contributed by atoms with van der Waals surface area (Å²) < 4.78 is 15.0. The molecule has 0 unspecified atom stereocenters. The highest BCUT2D eigenvalue weighted by molar-refractivity contribution is 5.92. The smallest absolute Gasteiger partial charge is 0.331 e. The molecule has 0 radical (unpaired) electrons. The number of carboxylic acid groups (broad SMARTS) is 1. The summed E-state index contributed by atoms with van der Waals surface area (Å²) in [5.74, 6) is 0.358. The third kappa shape index (κ3) is 9.98. The molecule has 0 bridgehead atoms. The van der Waals surface area contributed by atoms with Crippen LogP contribution in [0, 0.1) is 5.92 Å². The van der Waals surface area contributed by atoms with Gasteiger partial charge in [-0.15, -0.1) is 0 Å². The van der Waals surface area contributed by atoms with Crippen molar-refractivity contribution >= 4 is 24.1 Å². The van der Waals surface area contributed by atoms with E-state index in [2.05, 4.69) is 0 Å². The Morgan fingerprint density at radius 1 is 0.812 bits per heavy atom. The minimum Gasteiger partial charge on any atom is -0.497 e. The SMILES string of the molecule is COc1ccc(C=C(C(=O)O)C(C)C)cc1.COc1ccc(C=CC(=O)OC(C)C)cc1. The van der Waals surface area contributed by atoms with Gasteiger partial charge in [0.25, 0.3) is 0 Å². The second kappa shape index (κ2) is 13.7. The highest BCUT2D eigenvalue weighted by Crippen LogP contribution is 2.18. The largest absolute Gasteiger partial charge is 0.497 e. The lowest BCUT2D eigenvalue weighted by molar-refractivity contribution is -0.141. The van der Waals surface area contributed by atoms with Gasteiger partial charge in [0.1, 0.15) is 11.5 Å². The summed E-state index contributed by atoms with van der Waals surface area (Å²) in [6, 6.07) is 14.7. The van der Waals surface area contributed by atoms with E-state index in [4.69, 9.17) is 19.3 Å². The molecule has 2 rings (SSSR count). The fraction of sp³-hybridized carbons (Fsp3) is 0.308. The van der Waals surface area contributed by atoms with Gasteiger partial charge in [-0.25, -0.2) is 9.59 Å². The predicted molar refractivity (Wildman–Crippen MR) is 127 cm³/mol. The van der Waals surface area contributed by atoms with E-state index in [0.29, 0.717) is 5.57 Å². The van der Waals surface area contributed by atoms with E-state index in [1.165, 1.54) is 6.08 Å². The maximum Gasteiger partial charge on any atom is 0.331 e. The molecule has 6 heteroatoms. The summed E-state index contributed by atoms with van der Waals surface area (Å²) in [5.41, 5.74) is 2.21. The van der Waals surface area contributed by atoms with Gasteiger partial charge in [-0.1, -0.05) is 38.1 Å². The molecule has 2 aromatic rings. The Morgan fingerprint density at radius 2 is 1.28 bits per heavy atom. The molecule has 0 fully saturated rings. The quantitative estimate of drug-likeness (QED) is 0.432. The molecular weight excluding hydrogens is 408 g/mol. The second-order valence-corrected chi connectivity index (χ2v) is 7.42. The molecule has 0 saturated carbocycles. The second-order valence-electron chi connectivity index (χ2n) is 7.42. The molecule has 2 aromatic carbocycles. The topological polar surface area (TPSA) is 82.1 Å². The Bertz CT molecular complexity index is 904. The van der Waals surface area contributed by atoms with Crippen LogP contribution in [0.2, 0.25) is 0 Å². The van der Waals surface area contributed by atoms with E-state index in [1.54, 1.807) is 26.4 Å². The molecule has 0 heterocycles. The molecule has 0 saturated heterocycles. The van der Waals surface area contributed by atoms with Gasteiger partial charge >= 0.3 is 11.9 Å². The molecule has 0 aliphatic rings. The van der Waals surface area contributed by atoms with Crippen molar-refractivity contribution in [2.45, 2.75) is 33.8 Å². The highest BCUT2D eigenvalue weighted by Gasteiger charge is 2.11. The molecule has 0 aliphatic carbocycles. The summed E-state index contributed by atoms with van der Waals surface area (Å²) in [4.78, 5) is 22.2. The number of benzene rings is 2. The van der Waals surface area contributed by atoms with Crippen LogP contribution in [0.5, 0.6) is 11.5 Å². The molecule has 0 spiro atoms. The third-order valence-corrected chi connectivity index (χ3v) is 4.19. The van der Waals surface area contributed by atoms with Crippen molar-refractivity contribution < 1.29 is 28.9 Å². The first-order chi connectivity index (χ1) is 15.2. The zero-order valence-electron chi connectivity index (χ0n) is 19.5. The molecule has 0 aliphatic heterocycles. The first-order valence-corrected chi connectivity index (χ1v) is 10.3. The summed E-state index contributed by atoms with van der Waals surface area (Å²) in [6.07, 6.45) is 4.73. The lowest BCUT2D eigenvalue weighted by Crippen LogP contribution is -2.08. The van der Waals surface area contributed by atoms with Crippen molar-refractivity contribution in [1.29, 1.82) is 0 Å². The van der Waals surface area contributed by atoms with Gasteiger partial charge in [0.15, 0.2) is 0 Å². The molecule has 6 nitrogen and oxygen atoms in total. The highest BCUT2D eigenvalue weighted by atomic mass is 16.5. The number of esters is 1. The third-order valence-electron chi connectivity index (χ3n) is 4.19. The lowest BCUT2D eigenvalue weighted by atomic mass is 10.0. The Kier molecular flexibility index (Phi) is 11.3. The van der Waals surface area contributed by atoms with Crippen molar-refractivity contribution in [3.63, 3.8) is 0 Å². The summed E-state index contributed by atoms with van der Waals surface area (Å²) in [7, 11) is 3.21. The van der Waals surface area contributed by atoms with Gasteiger partial charge in [-0.05, 0) is 67.3 Å². The van der Waals surface area contributed by atoms with Gasteiger partial charge in [-0.2, -0.15) is 0 Å². The molecule has 1 N–H and O–H groups in total. The zero-order chi connectivity index (χ0) is 24.1. The summed E-state index contributed by atoms with van der Waals surface area (Å²) >= 11 is 0. The van der Waals surface area contributed by atoms with Crippen LogP contribution in [0.4, 0.5) is 0 Å². The minimum absolute atomic E-state index is 0.000369. The molecule has 32 heavy (non-hydrogen) atoms. The van der Waals surface area contributed by atoms with Crippen LogP contribution in [0.25, 0.3) is 12.2 Å². The summed E-state index contributed by atoms with van der Waals surface area (Å²) in [6.45, 7) is 7.37. The normalized spacial score (nSPS) is 11.2. The Balaban J connectivity index is 0.000000320. The maximum absolute atomic E-state index is 11.2. The van der Waals surface area contributed by atoms with Crippen molar-refractivity contribution in [3.8, 4) is 11.5 Å². The van der Waals surface area contributed by atoms with Crippen molar-refractivity contribution in [2.75, 3.05) is 14.2 Å². The van der Waals surface area contributed by atoms with Crippen LogP contribution < -0.4 is 9.47 Å². The van der Waals surface area contributed by atoms with Crippen LogP contribution in [0.15, 0.2) is 60.2 Å². The van der Waals surface area contributed by atoms with Crippen molar-refractivity contribution in [1.82, 2.24) is 0 Å². The van der Waals surface area contributed by atoms with Crippen molar-refractivity contribution in [3.05, 3.63) is 71.3 Å². The number of hydrogen-bond acceptors (Lipinski definition) is 5. The Hall–Kier alpha value is -3.54. The van der Waals surface area contributed by atoms with Crippen LogP contribution in [-0.2, 0) is 14.3 Å². The van der Waals surface area contributed by atoms with Crippen LogP contribution in [-0.4, -0.2) is 37.4 Å². The number of carbonyl (C=O) groups is 2. The first-order valence-electron chi connectivity index (χ1n) is 10.3. The fourth-order valence-corrected chi connectivity index (χ4v) is 2.51. The molecule has 0 aromatic heterocycles. The van der Waals surface area contributed by atoms with E-state index in [1.807, 2.05) is 76.2 Å². The number of hydrogen-bond donors (Lipinski definition) is 1. The molecule has 0 atom stereocenters. The Labute approximate surface area is 190 Å². The van der Waals surface area contributed by atoms with E-state index in [-0.39, 0.29) is 18.0 Å². The van der Waals surface area contributed by atoms with Gasteiger partial charge in [-0.3, -0.25) is 0 Å². The number of carboxylic acids is 1. The van der Waals surface area contributed by atoms with E-state index in [0.717, 1.165) is 22.6 Å². The standard InChI is InChI=1S/2C13H16O3/c1-10(2)16-13(14)9-6-11-4-7-12(15-3)8-5-11;1-9(2)12(13(14)15)8-10-4-6-11(16-3)7-5-10/h4-10H,1-3H3;4-9H,1-3H3,(H,14,15). The van der Waals surface area contributed by atoms with Gasteiger partial charge in [0, 0.05) is 11.6 Å².